The second kappa shape index (κ2) is 26.2. The second-order valence-electron chi connectivity index (χ2n) is 20.1. The van der Waals surface area contributed by atoms with E-state index in [9.17, 15) is 29.1 Å². The van der Waals surface area contributed by atoms with Crippen molar-refractivity contribution in [3.8, 4) is 0 Å². The summed E-state index contributed by atoms with van der Waals surface area (Å²) < 4.78 is 17.4. The van der Waals surface area contributed by atoms with Crippen LogP contribution in [-0.2, 0) is 39.9 Å². The highest BCUT2D eigenvalue weighted by atomic mass is 16.6. The van der Waals surface area contributed by atoms with Crippen molar-refractivity contribution in [2.24, 2.45) is 23.7 Å². The minimum Gasteiger partial charge on any atom is -0.444 e. The van der Waals surface area contributed by atoms with E-state index in [1.165, 1.54) is 0 Å². The number of hydrogen-bond donors (Lipinski definition) is 4. The van der Waals surface area contributed by atoms with Crippen molar-refractivity contribution < 1.29 is 43.3 Å². The lowest BCUT2D eigenvalue weighted by Crippen LogP contribution is -2.59. The van der Waals surface area contributed by atoms with E-state index in [2.05, 4.69) is 34.8 Å². The Labute approximate surface area is 400 Å². The molecule has 376 valence electrons. The van der Waals surface area contributed by atoms with Crippen molar-refractivity contribution in [1.29, 1.82) is 0 Å². The van der Waals surface area contributed by atoms with E-state index in [1.807, 2.05) is 80.9 Å². The third kappa shape index (κ3) is 16.2. The van der Waals surface area contributed by atoms with Crippen molar-refractivity contribution in [1.82, 2.24) is 30.3 Å². The Morgan fingerprint density at radius 1 is 0.910 bits per heavy atom. The molecule has 0 radical (unpaired) electrons. The zero-order chi connectivity index (χ0) is 50.3. The fraction of sp³-hybridized carbons (Fsp3) is 0.686. The minimum absolute atomic E-state index is 0.0123. The number of carbonyl (C=O) groups is 5. The first-order valence-corrected chi connectivity index (χ1v) is 24.1. The lowest BCUT2D eigenvalue weighted by Gasteiger charge is -2.40. The fourth-order valence-electron chi connectivity index (χ4n) is 9.30. The maximum Gasteiger partial charge on any atom is 0.413 e. The van der Waals surface area contributed by atoms with E-state index in [0.29, 0.717) is 37.3 Å². The van der Waals surface area contributed by atoms with Gasteiger partial charge in [0.25, 0.3) is 0 Å². The summed E-state index contributed by atoms with van der Waals surface area (Å²) in [5, 5.41) is 19.6. The number of likely N-dealkylation sites (N-methyl/N-ethyl adjacent to an activating group) is 2. The highest BCUT2D eigenvalue weighted by Gasteiger charge is 2.42. The molecule has 5 amide bonds. The third-order valence-electron chi connectivity index (χ3n) is 13.0. The van der Waals surface area contributed by atoms with Crippen LogP contribution in [0, 0.1) is 23.7 Å². The van der Waals surface area contributed by atoms with Crippen LogP contribution in [-0.4, -0.2) is 137 Å². The maximum atomic E-state index is 14.6. The number of hydrogen-bond acceptors (Lipinski definition) is 11. The summed E-state index contributed by atoms with van der Waals surface area (Å²) in [5.74, 6) is -1.54. The molecule has 1 aromatic carbocycles. The van der Waals surface area contributed by atoms with Crippen LogP contribution >= 0.6 is 0 Å². The Bertz CT molecular complexity index is 1890. The molecule has 2 heterocycles. The Kier molecular flexibility index (Phi) is 22.2. The van der Waals surface area contributed by atoms with Crippen LogP contribution in [0.5, 0.6) is 0 Å². The third-order valence-corrected chi connectivity index (χ3v) is 13.0. The van der Waals surface area contributed by atoms with Gasteiger partial charge in [0.1, 0.15) is 17.5 Å². The Morgan fingerprint density at radius 3 is 2.13 bits per heavy atom. The quantitative estimate of drug-likeness (QED) is 0.0890. The van der Waals surface area contributed by atoms with Crippen LogP contribution in [0.3, 0.4) is 0 Å². The number of aliphatic hydroxyl groups excluding tert-OH is 1. The number of rotatable bonds is 24. The van der Waals surface area contributed by atoms with Crippen LogP contribution < -0.4 is 16.0 Å². The topological polar surface area (TPSA) is 192 Å². The lowest BCUT2D eigenvalue weighted by atomic mass is 9.89. The number of methoxy groups -OCH3 is 2. The van der Waals surface area contributed by atoms with Gasteiger partial charge in [-0.05, 0) is 95.0 Å². The maximum absolute atomic E-state index is 14.6. The minimum atomic E-state index is -0.887. The molecular weight excluding hydrogens is 855 g/mol. The van der Waals surface area contributed by atoms with Gasteiger partial charge in [0.2, 0.25) is 23.6 Å². The highest BCUT2D eigenvalue weighted by molar-refractivity contribution is 5.90. The number of likely N-dealkylation sites (tertiary alicyclic amines) is 1. The van der Waals surface area contributed by atoms with Crippen molar-refractivity contribution in [2.45, 2.75) is 169 Å². The van der Waals surface area contributed by atoms with Gasteiger partial charge in [0.15, 0.2) is 0 Å². The van der Waals surface area contributed by atoms with Crippen LogP contribution in [0.25, 0.3) is 0 Å². The first-order chi connectivity index (χ1) is 31.4. The number of ether oxygens (including phenoxy) is 3. The average Bonchev–Trinajstić information content (AvgIpc) is 3.75. The Balaban J connectivity index is 1.72. The summed E-state index contributed by atoms with van der Waals surface area (Å²) in [6.07, 6.45) is 1.70. The smallest absolute Gasteiger partial charge is 0.413 e. The number of nitrogens with zero attached hydrogens (tertiary/aromatic N) is 4. The van der Waals surface area contributed by atoms with Gasteiger partial charge >= 0.3 is 6.09 Å². The lowest BCUT2D eigenvalue weighted by molar-refractivity contribution is -0.144. The van der Waals surface area contributed by atoms with E-state index < -0.39 is 60.1 Å². The van der Waals surface area contributed by atoms with Gasteiger partial charge in [-0.15, -0.1) is 0 Å². The number of benzene rings is 1. The molecule has 16 heteroatoms. The van der Waals surface area contributed by atoms with Crippen LogP contribution in [0.4, 0.5) is 10.6 Å². The molecule has 10 atom stereocenters. The molecule has 1 aliphatic rings. The first kappa shape index (κ1) is 56.7. The van der Waals surface area contributed by atoms with E-state index in [0.717, 1.165) is 18.4 Å². The molecule has 2 aromatic rings. The molecule has 0 saturated carbocycles. The number of amides is 5. The van der Waals surface area contributed by atoms with Gasteiger partial charge in [-0.3, -0.25) is 29.4 Å². The molecule has 67 heavy (non-hydrogen) atoms. The number of pyridine rings is 1. The zero-order valence-corrected chi connectivity index (χ0v) is 43.0. The predicted octanol–water partition coefficient (Wildman–Crippen LogP) is 6.57. The van der Waals surface area contributed by atoms with Crippen LogP contribution in [0.15, 0.2) is 48.7 Å². The standard InChI is InChI=1S/C51H83N7O9/c1-16-33(6)44(39(65-14)24-25-41(59)58-28-20-23-38(58)46(66-15)34(7)47(61)53-35(8)45(60)37-21-18-17-19-22-37)57(13)49(63)42(31(2)3)55-48(62)43(32(4)5)56(12)30-36-26-27-52-40(29-36)54-50(64)67-51(9,10)11/h17-19,21-22,26-27,29,31-35,38-39,42-46,60H,16,20,23-25,28,30H2,1-15H3,(H,53,61)(H,55,62)(H,52,54,64)/t33-,34+,35+,38?,39?,42-,43-,44-,45+,46+/m0/s1. The fourth-order valence-corrected chi connectivity index (χ4v) is 9.30. The number of aliphatic hydroxyl groups is 1. The zero-order valence-electron chi connectivity index (χ0n) is 43.0. The molecule has 3 rings (SSSR count). The summed E-state index contributed by atoms with van der Waals surface area (Å²) in [7, 11) is 6.76. The average molecular weight is 938 g/mol. The van der Waals surface area contributed by atoms with Crippen molar-refractivity contribution >= 4 is 35.5 Å². The first-order valence-electron chi connectivity index (χ1n) is 24.1. The highest BCUT2D eigenvalue weighted by Crippen LogP contribution is 2.30. The summed E-state index contributed by atoms with van der Waals surface area (Å²) in [5.41, 5.74) is 0.855. The summed E-state index contributed by atoms with van der Waals surface area (Å²) in [6.45, 7) is 21.6. The number of carbonyl (C=O) groups excluding carboxylic acids is 5. The van der Waals surface area contributed by atoms with Gasteiger partial charge in [0, 0.05) is 47.0 Å². The largest absolute Gasteiger partial charge is 0.444 e. The molecule has 1 saturated heterocycles. The molecule has 0 aliphatic carbocycles. The number of aromatic nitrogens is 1. The Morgan fingerprint density at radius 2 is 1.57 bits per heavy atom. The van der Waals surface area contributed by atoms with Crippen molar-refractivity contribution in [3.63, 3.8) is 0 Å². The van der Waals surface area contributed by atoms with Crippen molar-refractivity contribution in [3.05, 3.63) is 59.8 Å². The molecule has 1 fully saturated rings. The van der Waals surface area contributed by atoms with Gasteiger partial charge < -0.3 is 39.8 Å². The molecule has 16 nitrogen and oxygen atoms in total. The summed E-state index contributed by atoms with van der Waals surface area (Å²) in [6, 6.07) is 10.0. The predicted molar refractivity (Wildman–Crippen MR) is 261 cm³/mol. The molecule has 4 N–H and O–H groups in total. The normalized spacial score (nSPS) is 18.3. The molecule has 0 spiro atoms. The number of nitrogens with one attached hydrogen (secondary N) is 3. The molecule has 1 aromatic heterocycles. The molecule has 2 unspecified atom stereocenters. The van der Waals surface area contributed by atoms with Crippen LogP contribution in [0.1, 0.15) is 125 Å². The second-order valence-corrected chi connectivity index (χ2v) is 20.1. The van der Waals surface area contributed by atoms with Gasteiger partial charge in [-0.25, -0.2) is 9.78 Å². The van der Waals surface area contributed by atoms with E-state index in [-0.39, 0.29) is 53.8 Å². The Hall–Kier alpha value is -4.64. The van der Waals surface area contributed by atoms with Gasteiger partial charge in [-0.2, -0.15) is 0 Å². The van der Waals surface area contributed by atoms with Gasteiger partial charge in [0.05, 0.1) is 48.4 Å². The van der Waals surface area contributed by atoms with Crippen LogP contribution in [0.2, 0.25) is 0 Å². The molecule has 1 aliphatic heterocycles. The number of anilines is 1. The van der Waals surface area contributed by atoms with E-state index in [4.69, 9.17) is 14.2 Å². The van der Waals surface area contributed by atoms with E-state index >= 15 is 0 Å². The van der Waals surface area contributed by atoms with Crippen molar-refractivity contribution in [2.75, 3.05) is 40.2 Å². The van der Waals surface area contributed by atoms with Gasteiger partial charge in [-0.1, -0.05) is 85.2 Å². The van der Waals surface area contributed by atoms with E-state index in [1.54, 1.807) is 73.0 Å². The summed E-state index contributed by atoms with van der Waals surface area (Å²) >= 11 is 0. The molecule has 0 bridgehead atoms. The summed E-state index contributed by atoms with van der Waals surface area (Å²) in [4.78, 5) is 78.6. The SMILES string of the molecule is CC[C@H](C)[C@@H](C(CCC(=O)N1CCCC1[C@H](OC)[C@@H](C)C(=O)N[C@H](C)[C@@H](O)c1ccccc1)OC)N(C)C(=O)[C@@H](NC(=O)[C@H](C(C)C)N(C)Cc1ccnc(NC(=O)OC(C)(C)C)c1)C(C)C. The monoisotopic (exact) mass is 938 g/mol. The molecular formula is C51H83N7O9.